The summed E-state index contributed by atoms with van der Waals surface area (Å²) in [5.41, 5.74) is 0. The van der Waals surface area contributed by atoms with E-state index in [2.05, 4.69) is 92.1 Å². The topological polar surface area (TPSA) is 169 Å². The van der Waals surface area contributed by atoms with Crippen LogP contribution in [-0.4, -0.2) is 64.9 Å². The molecule has 0 aliphatic rings. The van der Waals surface area contributed by atoms with Gasteiger partial charge in [-0.15, -0.1) is 0 Å². The molecule has 0 aromatic carbocycles. The normalized spacial score (nSPS) is 14.4. The SMILES string of the molecule is CC/C=C\C/C=C\C/C=C\C/C=C\C/C=C\C/C=C\CCCCCCC(=O)NC(COP(=O)(O)OCC(O)COC(=O)CCCCCCCCCCCCCC)C(=O)O. The average Bonchev–Trinajstić information content (AvgIpc) is 3.21. The number of unbranched alkanes of at least 4 members (excludes halogenated alkanes) is 15. The molecule has 0 bridgehead atoms. The molecule has 59 heavy (non-hydrogen) atoms. The van der Waals surface area contributed by atoms with Crippen molar-refractivity contribution in [2.24, 2.45) is 0 Å². The van der Waals surface area contributed by atoms with Gasteiger partial charge in [-0.3, -0.25) is 18.6 Å². The molecular weight excluding hydrogens is 769 g/mol. The molecule has 0 rings (SSSR count). The van der Waals surface area contributed by atoms with Crippen molar-refractivity contribution in [2.45, 2.75) is 187 Å². The van der Waals surface area contributed by atoms with E-state index in [4.69, 9.17) is 13.8 Å². The number of aliphatic hydroxyl groups is 1. The first-order chi connectivity index (χ1) is 28.6. The second-order valence-corrected chi connectivity index (χ2v) is 16.3. The fourth-order valence-corrected chi connectivity index (χ4v) is 6.56. The smallest absolute Gasteiger partial charge is 0.472 e. The third-order valence-corrected chi connectivity index (χ3v) is 10.2. The molecule has 0 heterocycles. The number of rotatable bonds is 41. The number of hydrogen-bond acceptors (Lipinski definition) is 8. The largest absolute Gasteiger partial charge is 0.480 e. The summed E-state index contributed by atoms with van der Waals surface area (Å²) < 4.78 is 26.8. The number of phosphoric acid groups is 1. The maximum atomic E-state index is 12.3. The van der Waals surface area contributed by atoms with E-state index in [1.165, 1.54) is 51.4 Å². The Kier molecular flexibility index (Phi) is 39.5. The molecule has 0 aromatic heterocycles. The number of aliphatic hydroxyl groups excluding tert-OH is 1. The van der Waals surface area contributed by atoms with Gasteiger partial charge in [-0.1, -0.05) is 170 Å². The number of allylic oxidation sites excluding steroid dienone is 12. The van der Waals surface area contributed by atoms with Gasteiger partial charge in [-0.2, -0.15) is 0 Å². The second kappa shape index (κ2) is 41.6. The Labute approximate surface area is 357 Å². The predicted molar refractivity (Wildman–Crippen MR) is 240 cm³/mol. The lowest BCUT2D eigenvalue weighted by atomic mass is 10.0. The van der Waals surface area contributed by atoms with E-state index in [1.54, 1.807) is 0 Å². The predicted octanol–water partition coefficient (Wildman–Crippen LogP) is 11.7. The fourth-order valence-electron chi connectivity index (χ4n) is 5.79. The number of aliphatic carboxylic acids is 1. The van der Waals surface area contributed by atoms with E-state index in [9.17, 15) is 34.1 Å². The number of carboxylic acids is 1. The number of nitrogens with one attached hydrogen (secondary N) is 1. The van der Waals surface area contributed by atoms with Crippen molar-refractivity contribution in [3.05, 3.63) is 72.9 Å². The summed E-state index contributed by atoms with van der Waals surface area (Å²) in [5, 5.41) is 21.8. The van der Waals surface area contributed by atoms with Crippen LogP contribution < -0.4 is 5.32 Å². The van der Waals surface area contributed by atoms with Gasteiger partial charge < -0.3 is 25.2 Å². The van der Waals surface area contributed by atoms with E-state index < -0.39 is 57.6 Å². The van der Waals surface area contributed by atoms with Crippen molar-refractivity contribution in [1.82, 2.24) is 5.32 Å². The highest BCUT2D eigenvalue weighted by atomic mass is 31.2. The Morgan fingerprint density at radius 2 is 0.983 bits per heavy atom. The number of ether oxygens (including phenoxy) is 1. The summed E-state index contributed by atoms with van der Waals surface area (Å²) in [6.07, 6.45) is 49.2. The molecule has 0 aromatic rings. The molecule has 4 N–H and O–H groups in total. The van der Waals surface area contributed by atoms with Crippen molar-refractivity contribution in [1.29, 1.82) is 0 Å². The van der Waals surface area contributed by atoms with Crippen LogP contribution in [0.15, 0.2) is 72.9 Å². The monoisotopic (exact) mass is 850 g/mol. The van der Waals surface area contributed by atoms with Gasteiger partial charge in [0.2, 0.25) is 5.91 Å². The lowest BCUT2D eigenvalue weighted by Crippen LogP contribution is -2.43. The third kappa shape index (κ3) is 41.4. The van der Waals surface area contributed by atoms with Crippen LogP contribution in [0.25, 0.3) is 0 Å². The van der Waals surface area contributed by atoms with E-state index in [0.29, 0.717) is 12.8 Å². The van der Waals surface area contributed by atoms with Gasteiger partial charge in [0.25, 0.3) is 0 Å². The first-order valence-corrected chi connectivity index (χ1v) is 24.0. The first kappa shape index (κ1) is 55.9. The minimum absolute atomic E-state index is 0.112. The van der Waals surface area contributed by atoms with Gasteiger partial charge in [-0.05, 0) is 64.2 Å². The molecule has 0 aliphatic heterocycles. The lowest BCUT2D eigenvalue weighted by Gasteiger charge is -2.18. The van der Waals surface area contributed by atoms with Crippen molar-refractivity contribution in [3.63, 3.8) is 0 Å². The maximum absolute atomic E-state index is 12.3. The number of hydrogen-bond donors (Lipinski definition) is 4. The number of amides is 1. The Morgan fingerprint density at radius 1 is 0.559 bits per heavy atom. The van der Waals surface area contributed by atoms with Crippen LogP contribution in [0.1, 0.15) is 174 Å². The van der Waals surface area contributed by atoms with E-state index in [-0.39, 0.29) is 12.8 Å². The molecule has 3 unspecified atom stereocenters. The highest BCUT2D eigenvalue weighted by molar-refractivity contribution is 7.47. The summed E-state index contributed by atoms with van der Waals surface area (Å²) in [4.78, 5) is 45.9. The zero-order chi connectivity index (χ0) is 43.5. The van der Waals surface area contributed by atoms with Crippen LogP contribution in [0, 0.1) is 0 Å². The van der Waals surface area contributed by atoms with Crippen LogP contribution in [0.3, 0.4) is 0 Å². The number of carboxylic acid groups (broad SMARTS) is 1. The van der Waals surface area contributed by atoms with Crippen molar-refractivity contribution >= 4 is 25.7 Å². The Balaban J connectivity index is 3.97. The highest BCUT2D eigenvalue weighted by Crippen LogP contribution is 2.43. The van der Waals surface area contributed by atoms with Gasteiger partial charge in [0.05, 0.1) is 13.2 Å². The van der Waals surface area contributed by atoms with Crippen LogP contribution >= 0.6 is 7.82 Å². The summed E-state index contributed by atoms with van der Waals surface area (Å²) in [6.45, 7) is 2.45. The Hall–Kier alpha value is -3.08. The highest BCUT2D eigenvalue weighted by Gasteiger charge is 2.28. The van der Waals surface area contributed by atoms with Crippen LogP contribution in [-0.2, 0) is 32.7 Å². The van der Waals surface area contributed by atoms with Crippen LogP contribution in [0.2, 0.25) is 0 Å². The summed E-state index contributed by atoms with van der Waals surface area (Å²) in [6, 6.07) is -1.56. The van der Waals surface area contributed by atoms with Crippen molar-refractivity contribution < 1.29 is 47.8 Å². The Morgan fingerprint density at radius 3 is 1.47 bits per heavy atom. The second-order valence-electron chi connectivity index (χ2n) is 14.9. The van der Waals surface area contributed by atoms with Gasteiger partial charge in [0, 0.05) is 12.8 Å². The molecule has 0 saturated carbocycles. The Bertz CT molecular complexity index is 1280. The van der Waals surface area contributed by atoms with Crippen molar-refractivity contribution in [2.75, 3.05) is 19.8 Å². The van der Waals surface area contributed by atoms with Gasteiger partial charge in [0.1, 0.15) is 12.7 Å². The standard InChI is InChI=1S/C47H80NO10P/c1-3-5-7-9-11-13-15-17-18-19-20-21-22-23-24-25-26-27-28-30-32-34-36-38-45(50)48-44(47(52)53)42-58-59(54,55)57-41-43(49)40-56-46(51)39-37-35-33-31-29-16-14-12-10-8-6-4-2/h5,7,11,13,17-18,20-21,23-24,26-27,43-44,49H,3-4,6,8-10,12,14-16,19,22,25,28-42H2,1-2H3,(H,48,50)(H,52,53)(H,54,55)/b7-5-,13-11-,18-17-,21-20-,24-23-,27-26-. The zero-order valence-corrected chi connectivity index (χ0v) is 37.4. The molecule has 11 nitrogen and oxygen atoms in total. The molecule has 0 radical (unpaired) electrons. The van der Waals surface area contributed by atoms with E-state index in [0.717, 1.165) is 83.5 Å². The molecule has 0 aliphatic carbocycles. The molecular formula is C47H80NO10P. The maximum Gasteiger partial charge on any atom is 0.472 e. The van der Waals surface area contributed by atoms with Crippen LogP contribution in [0.4, 0.5) is 0 Å². The fraction of sp³-hybridized carbons (Fsp3) is 0.681. The quantitative estimate of drug-likeness (QED) is 0.0201. The molecule has 12 heteroatoms. The van der Waals surface area contributed by atoms with Gasteiger partial charge in [0.15, 0.2) is 6.04 Å². The lowest BCUT2D eigenvalue weighted by molar-refractivity contribution is -0.147. The number of phosphoric ester groups is 1. The molecule has 3 atom stereocenters. The molecule has 0 fully saturated rings. The molecule has 1 amide bonds. The summed E-state index contributed by atoms with van der Waals surface area (Å²) >= 11 is 0. The minimum atomic E-state index is -4.77. The molecule has 0 spiro atoms. The molecule has 0 saturated heterocycles. The number of esters is 1. The van der Waals surface area contributed by atoms with E-state index >= 15 is 0 Å². The zero-order valence-electron chi connectivity index (χ0n) is 36.5. The number of carbonyl (C=O) groups is 3. The first-order valence-electron chi connectivity index (χ1n) is 22.5. The minimum Gasteiger partial charge on any atom is -0.480 e. The van der Waals surface area contributed by atoms with E-state index in [1.807, 2.05) is 0 Å². The van der Waals surface area contributed by atoms with Crippen LogP contribution in [0.5, 0.6) is 0 Å². The van der Waals surface area contributed by atoms with Gasteiger partial charge >= 0.3 is 19.8 Å². The van der Waals surface area contributed by atoms with Gasteiger partial charge in [-0.25, -0.2) is 9.36 Å². The summed E-state index contributed by atoms with van der Waals surface area (Å²) in [7, 11) is -4.77. The number of carbonyl (C=O) groups excluding carboxylic acids is 2. The summed E-state index contributed by atoms with van der Waals surface area (Å²) in [5.74, 6) is -2.41. The van der Waals surface area contributed by atoms with Crippen molar-refractivity contribution in [3.8, 4) is 0 Å². The third-order valence-electron chi connectivity index (χ3n) is 9.26. The average molecular weight is 850 g/mol. The molecule has 338 valence electrons.